The summed E-state index contributed by atoms with van der Waals surface area (Å²) in [6, 6.07) is 16.9. The molecule has 9 heteroatoms. The van der Waals surface area contributed by atoms with E-state index < -0.39 is 0 Å². The fourth-order valence-corrected chi connectivity index (χ4v) is 6.18. The van der Waals surface area contributed by atoms with Crippen LogP contribution in [0.3, 0.4) is 0 Å². The van der Waals surface area contributed by atoms with Gasteiger partial charge in [-0.15, -0.1) is 0 Å². The number of imidazole rings is 2. The molecule has 0 spiro atoms. The molecule has 0 saturated heterocycles. The highest BCUT2D eigenvalue weighted by molar-refractivity contribution is 6.01. The Hall–Kier alpha value is -4.40. The quantitative estimate of drug-likeness (QED) is 0.171. The van der Waals surface area contributed by atoms with Gasteiger partial charge >= 0.3 is 0 Å². The summed E-state index contributed by atoms with van der Waals surface area (Å²) < 4.78 is 2.10. The normalized spacial score (nSPS) is 17.6. The van der Waals surface area contributed by atoms with Crippen molar-refractivity contribution in [2.24, 2.45) is 28.5 Å². The van der Waals surface area contributed by atoms with Gasteiger partial charge in [0.05, 0.1) is 45.5 Å². The van der Waals surface area contributed by atoms with Crippen molar-refractivity contribution in [1.82, 2.24) is 24.5 Å². The number of nitrogens with zero attached hydrogens (tertiary/aromatic N) is 5. The van der Waals surface area contributed by atoms with Crippen LogP contribution in [0.1, 0.15) is 62.5 Å². The molecule has 2 aromatic carbocycles. The minimum absolute atomic E-state index is 0.349. The van der Waals surface area contributed by atoms with Crippen LogP contribution in [0.5, 0.6) is 0 Å². The molecule has 0 atom stereocenters. The Bertz CT molecular complexity index is 1630. The molecule has 3 heterocycles. The number of hydrogen-bond donors (Lipinski definition) is 4. The van der Waals surface area contributed by atoms with Crippen molar-refractivity contribution in [1.29, 1.82) is 0 Å². The van der Waals surface area contributed by atoms with Crippen molar-refractivity contribution in [2.75, 3.05) is 0 Å². The third-order valence-electron chi connectivity index (χ3n) is 8.46. The number of amidine groups is 2. The van der Waals surface area contributed by atoms with Gasteiger partial charge in [-0.05, 0) is 74.2 Å². The number of aliphatic imine (C=N–C) groups is 2. The Labute approximate surface area is 232 Å². The Morgan fingerprint density at radius 3 is 1.55 bits per heavy atom. The maximum absolute atomic E-state index is 6.36. The first-order chi connectivity index (χ1) is 19.5. The number of hydrogen-bond acceptors (Lipinski definition) is 4. The summed E-state index contributed by atoms with van der Waals surface area (Å²) >= 11 is 0. The second-order valence-corrected chi connectivity index (χ2v) is 11.2. The first-order valence-electron chi connectivity index (χ1n) is 14.3. The lowest BCUT2D eigenvalue weighted by Crippen LogP contribution is -2.16. The van der Waals surface area contributed by atoms with Gasteiger partial charge in [-0.2, -0.15) is 0 Å². The molecule has 6 N–H and O–H groups in total. The molecule has 40 heavy (non-hydrogen) atoms. The largest absolute Gasteiger partial charge is 0.383 e. The topological polar surface area (TPSA) is 139 Å². The van der Waals surface area contributed by atoms with E-state index in [1.54, 1.807) is 0 Å². The first kappa shape index (κ1) is 24.6. The molecule has 5 aromatic rings. The van der Waals surface area contributed by atoms with Crippen molar-refractivity contribution in [3.63, 3.8) is 0 Å². The molecular formula is C31H35N9. The Morgan fingerprint density at radius 2 is 1.12 bits per heavy atom. The smallest absolute Gasteiger partial charge is 0.155 e. The molecule has 2 saturated carbocycles. The summed E-state index contributed by atoms with van der Waals surface area (Å²) in [5.74, 6) is 2.79. The molecule has 2 aliphatic carbocycles. The van der Waals surface area contributed by atoms with E-state index in [0.717, 1.165) is 81.9 Å². The molecule has 0 radical (unpaired) electrons. The van der Waals surface area contributed by atoms with Gasteiger partial charge in [0.15, 0.2) is 11.6 Å². The maximum atomic E-state index is 6.36. The van der Waals surface area contributed by atoms with Gasteiger partial charge in [-0.25, -0.2) is 9.97 Å². The van der Waals surface area contributed by atoms with Crippen LogP contribution in [0.2, 0.25) is 0 Å². The number of fused-ring (bicyclic) bond motifs is 2. The van der Waals surface area contributed by atoms with Crippen LogP contribution in [-0.4, -0.2) is 48.3 Å². The summed E-state index contributed by atoms with van der Waals surface area (Å²) in [5, 5.41) is 0. The Kier molecular flexibility index (Phi) is 6.14. The van der Waals surface area contributed by atoms with E-state index in [0.29, 0.717) is 23.8 Å². The zero-order valence-electron chi connectivity index (χ0n) is 22.8. The first-order valence-corrected chi connectivity index (χ1v) is 14.3. The van der Waals surface area contributed by atoms with Gasteiger partial charge < -0.3 is 26.0 Å². The molecule has 2 fully saturated rings. The van der Waals surface area contributed by atoms with Crippen molar-refractivity contribution in [3.05, 3.63) is 59.7 Å². The highest BCUT2D eigenvalue weighted by Crippen LogP contribution is 2.29. The second-order valence-electron chi connectivity index (χ2n) is 11.2. The van der Waals surface area contributed by atoms with Crippen molar-refractivity contribution < 1.29 is 0 Å². The summed E-state index contributed by atoms with van der Waals surface area (Å²) in [7, 11) is 2.03. The fourth-order valence-electron chi connectivity index (χ4n) is 6.18. The van der Waals surface area contributed by atoms with Gasteiger partial charge in [0.2, 0.25) is 0 Å². The molecular weight excluding hydrogens is 498 g/mol. The van der Waals surface area contributed by atoms with Crippen LogP contribution in [0.4, 0.5) is 0 Å². The average Bonchev–Trinajstić information content (AvgIpc) is 3.78. The zero-order valence-corrected chi connectivity index (χ0v) is 22.8. The number of benzene rings is 2. The van der Waals surface area contributed by atoms with Crippen LogP contribution in [0.15, 0.2) is 58.5 Å². The fraction of sp³-hybridized carbons (Fsp3) is 0.355. The van der Waals surface area contributed by atoms with E-state index >= 15 is 0 Å². The number of H-pyrrole nitrogens is 2. The number of nitrogens with one attached hydrogen (secondary N) is 2. The SMILES string of the molecule is Cn1c(-c2nc3ccc(C(N)=NC4CCCC4)cc3[nH]2)ccc1-c1nc2ccc(C(N)=NC3CCCC3)cc2[nH]1. The summed E-state index contributed by atoms with van der Waals surface area (Å²) in [5.41, 5.74) is 20.2. The Morgan fingerprint density at radius 1 is 0.700 bits per heavy atom. The van der Waals surface area contributed by atoms with E-state index in [1.807, 2.05) is 43.4 Å². The van der Waals surface area contributed by atoms with Gasteiger partial charge in [0.25, 0.3) is 0 Å². The third kappa shape index (κ3) is 4.55. The van der Waals surface area contributed by atoms with E-state index in [1.165, 1.54) is 25.7 Å². The molecule has 0 unspecified atom stereocenters. The van der Waals surface area contributed by atoms with Crippen LogP contribution in [-0.2, 0) is 7.05 Å². The van der Waals surface area contributed by atoms with Gasteiger partial charge in [-0.1, -0.05) is 25.7 Å². The molecule has 204 valence electrons. The Balaban J connectivity index is 1.16. The van der Waals surface area contributed by atoms with Crippen LogP contribution < -0.4 is 11.5 Å². The lowest BCUT2D eigenvalue weighted by molar-refractivity contribution is 0.706. The standard InChI is InChI=1S/C31H35N9/c1-40-26(30-36-22-12-10-18(16-24(22)38-30)28(32)34-20-6-2-3-7-20)14-15-27(40)31-37-23-13-11-19(17-25(23)39-31)29(33)35-21-8-4-5-9-21/h10-17,20-21H,2-9H2,1H3,(H2,32,34)(H2,33,35)(H,36,38)(H,37,39). The van der Waals surface area contributed by atoms with Gasteiger partial charge in [0, 0.05) is 18.2 Å². The molecule has 0 aliphatic heterocycles. The maximum Gasteiger partial charge on any atom is 0.155 e. The predicted molar refractivity (Wildman–Crippen MR) is 162 cm³/mol. The lowest BCUT2D eigenvalue weighted by atomic mass is 10.1. The minimum atomic E-state index is 0.349. The number of aromatic amines is 2. The number of aromatic nitrogens is 5. The molecule has 3 aromatic heterocycles. The van der Waals surface area contributed by atoms with Crippen LogP contribution >= 0.6 is 0 Å². The highest BCUT2D eigenvalue weighted by atomic mass is 15.1. The molecule has 7 rings (SSSR count). The zero-order chi connectivity index (χ0) is 27.2. The van der Waals surface area contributed by atoms with Crippen molar-refractivity contribution in [3.8, 4) is 23.0 Å². The molecule has 0 amide bonds. The number of nitrogens with two attached hydrogens (primary N) is 2. The van der Waals surface area contributed by atoms with E-state index in [4.69, 9.17) is 31.4 Å². The third-order valence-corrected chi connectivity index (χ3v) is 8.46. The summed E-state index contributed by atoms with van der Waals surface area (Å²) in [6.07, 6.45) is 9.46. The van der Waals surface area contributed by atoms with Crippen LogP contribution in [0, 0.1) is 0 Å². The lowest BCUT2D eigenvalue weighted by Gasteiger charge is -2.06. The second kappa shape index (κ2) is 9.97. The molecule has 0 bridgehead atoms. The highest BCUT2D eigenvalue weighted by Gasteiger charge is 2.18. The monoisotopic (exact) mass is 533 g/mol. The van der Waals surface area contributed by atoms with Crippen molar-refractivity contribution >= 4 is 33.7 Å². The van der Waals surface area contributed by atoms with Crippen molar-refractivity contribution in [2.45, 2.75) is 63.5 Å². The van der Waals surface area contributed by atoms with E-state index in [-0.39, 0.29) is 0 Å². The average molecular weight is 534 g/mol. The van der Waals surface area contributed by atoms with Gasteiger partial charge in [0.1, 0.15) is 11.7 Å². The number of rotatable bonds is 6. The van der Waals surface area contributed by atoms with E-state index in [9.17, 15) is 0 Å². The molecule has 2 aliphatic rings. The van der Waals surface area contributed by atoms with Crippen LogP contribution in [0.25, 0.3) is 45.1 Å². The van der Waals surface area contributed by atoms with Gasteiger partial charge in [-0.3, -0.25) is 9.98 Å². The molecule has 9 nitrogen and oxygen atoms in total. The minimum Gasteiger partial charge on any atom is -0.383 e. The van der Waals surface area contributed by atoms with E-state index in [2.05, 4.69) is 26.7 Å². The predicted octanol–water partition coefficient (Wildman–Crippen LogP) is 5.41. The summed E-state index contributed by atoms with van der Waals surface area (Å²) in [6.45, 7) is 0. The summed E-state index contributed by atoms with van der Waals surface area (Å²) in [4.78, 5) is 26.2.